The fourth-order valence-corrected chi connectivity index (χ4v) is 4.59. The van der Waals surface area contributed by atoms with Gasteiger partial charge >= 0.3 is 6.03 Å². The Morgan fingerprint density at radius 2 is 1.87 bits per heavy atom. The molecule has 1 heterocycles. The summed E-state index contributed by atoms with van der Waals surface area (Å²) in [6.07, 6.45) is -0.243. The van der Waals surface area contributed by atoms with Crippen molar-refractivity contribution in [1.82, 2.24) is 10.3 Å². The molecule has 0 aliphatic rings. The molecule has 2 aromatic carbocycles. The van der Waals surface area contributed by atoms with Crippen LogP contribution in [0.4, 0.5) is 15.6 Å². The van der Waals surface area contributed by atoms with E-state index in [1.54, 1.807) is 0 Å². The molecule has 0 saturated carbocycles. The highest BCUT2D eigenvalue weighted by molar-refractivity contribution is 7.16. The lowest BCUT2D eigenvalue weighted by Crippen LogP contribution is -2.30. The van der Waals surface area contributed by atoms with Crippen LogP contribution in [-0.4, -0.2) is 22.7 Å². The smallest absolute Gasteiger partial charge is 0.321 e. The Labute approximate surface area is 191 Å². The van der Waals surface area contributed by atoms with E-state index in [4.69, 9.17) is 11.6 Å². The van der Waals surface area contributed by atoms with E-state index in [0.29, 0.717) is 33.7 Å². The molecule has 31 heavy (non-hydrogen) atoms. The van der Waals surface area contributed by atoms with Crippen molar-refractivity contribution in [2.24, 2.45) is 0 Å². The van der Waals surface area contributed by atoms with Gasteiger partial charge in [0, 0.05) is 17.3 Å². The van der Waals surface area contributed by atoms with Gasteiger partial charge < -0.3 is 15.7 Å². The van der Waals surface area contributed by atoms with Gasteiger partial charge in [-0.15, -0.1) is 0 Å². The summed E-state index contributed by atoms with van der Waals surface area (Å²) in [6, 6.07) is 11.4. The number of aromatic nitrogens is 1. The minimum Gasteiger partial charge on any atom is -0.369 e. The summed E-state index contributed by atoms with van der Waals surface area (Å²) in [5.74, 6) is 0. The first-order valence-electron chi connectivity index (χ1n) is 10.0. The van der Waals surface area contributed by atoms with Gasteiger partial charge in [-0.3, -0.25) is 5.32 Å². The Balaban J connectivity index is 1.58. The molecule has 8 heteroatoms. The SMILES string of the molecule is Cc1cc(C)c(NC(O)c2sc(NC(=O)NCCc3cccc(Cl)c3)nc2C)c(C)c1. The first kappa shape index (κ1) is 23.1. The summed E-state index contributed by atoms with van der Waals surface area (Å²) < 4.78 is 0. The first-order valence-corrected chi connectivity index (χ1v) is 11.2. The van der Waals surface area contributed by atoms with Gasteiger partial charge in [-0.2, -0.15) is 0 Å². The lowest BCUT2D eigenvalue weighted by molar-refractivity contribution is 0.211. The summed E-state index contributed by atoms with van der Waals surface area (Å²) in [6.45, 7) is 8.35. The summed E-state index contributed by atoms with van der Waals surface area (Å²) in [5, 5.41) is 20.6. The largest absolute Gasteiger partial charge is 0.369 e. The summed E-state index contributed by atoms with van der Waals surface area (Å²) in [7, 11) is 0. The first-order chi connectivity index (χ1) is 14.7. The highest BCUT2D eigenvalue weighted by Gasteiger charge is 2.18. The standard InChI is InChI=1S/C23H27ClN4O2S/c1-13-10-14(2)19(15(3)11-13)27-21(29)20-16(4)26-23(31-20)28-22(30)25-9-8-17-6-5-7-18(24)12-17/h5-7,10-12,21,27,29H,8-9H2,1-4H3,(H2,25,26,28,30). The van der Waals surface area contributed by atoms with E-state index in [0.717, 1.165) is 22.4 Å². The van der Waals surface area contributed by atoms with E-state index in [1.165, 1.54) is 16.9 Å². The van der Waals surface area contributed by atoms with Crippen LogP contribution in [0.15, 0.2) is 36.4 Å². The van der Waals surface area contributed by atoms with Gasteiger partial charge in [0.25, 0.3) is 0 Å². The minimum absolute atomic E-state index is 0.338. The molecular weight excluding hydrogens is 432 g/mol. The van der Waals surface area contributed by atoms with E-state index in [-0.39, 0.29) is 6.03 Å². The van der Waals surface area contributed by atoms with Gasteiger partial charge in [0.1, 0.15) is 0 Å². The predicted molar refractivity (Wildman–Crippen MR) is 128 cm³/mol. The molecule has 1 aromatic heterocycles. The third kappa shape index (κ3) is 6.19. The molecule has 3 aromatic rings. The van der Waals surface area contributed by atoms with Crippen LogP contribution < -0.4 is 16.0 Å². The number of hydrogen-bond donors (Lipinski definition) is 4. The summed E-state index contributed by atoms with van der Waals surface area (Å²) in [4.78, 5) is 17.3. The van der Waals surface area contributed by atoms with E-state index in [1.807, 2.05) is 52.0 Å². The van der Waals surface area contributed by atoms with E-state index < -0.39 is 6.23 Å². The van der Waals surface area contributed by atoms with Crippen LogP contribution in [0.1, 0.15) is 39.1 Å². The second-order valence-corrected chi connectivity index (χ2v) is 9.02. The maximum Gasteiger partial charge on any atom is 0.321 e. The van der Waals surface area contributed by atoms with Gasteiger partial charge in [0.05, 0.1) is 10.6 Å². The van der Waals surface area contributed by atoms with Crippen LogP contribution >= 0.6 is 22.9 Å². The predicted octanol–water partition coefficient (Wildman–Crippen LogP) is 5.50. The lowest BCUT2D eigenvalue weighted by Gasteiger charge is -2.18. The number of benzene rings is 2. The molecule has 0 fully saturated rings. The van der Waals surface area contributed by atoms with E-state index in [9.17, 15) is 9.90 Å². The second-order valence-electron chi connectivity index (χ2n) is 7.55. The van der Waals surface area contributed by atoms with Gasteiger partial charge in [-0.1, -0.05) is 52.8 Å². The highest BCUT2D eigenvalue weighted by atomic mass is 35.5. The van der Waals surface area contributed by atoms with Gasteiger partial charge in [0.2, 0.25) is 0 Å². The van der Waals surface area contributed by atoms with Gasteiger partial charge in [-0.05, 0) is 62.9 Å². The molecule has 0 radical (unpaired) electrons. The highest BCUT2D eigenvalue weighted by Crippen LogP contribution is 2.31. The molecule has 0 aliphatic carbocycles. The topological polar surface area (TPSA) is 86.3 Å². The Morgan fingerprint density at radius 1 is 1.16 bits per heavy atom. The number of anilines is 2. The summed E-state index contributed by atoms with van der Waals surface area (Å²) >= 11 is 7.23. The number of thiazole rings is 1. The van der Waals surface area contributed by atoms with Crippen LogP contribution in [-0.2, 0) is 6.42 Å². The maximum absolute atomic E-state index is 12.2. The maximum atomic E-state index is 12.2. The molecule has 0 bridgehead atoms. The number of aliphatic hydroxyl groups is 1. The number of nitrogens with one attached hydrogen (secondary N) is 3. The van der Waals surface area contributed by atoms with Crippen molar-refractivity contribution >= 4 is 39.8 Å². The second kappa shape index (κ2) is 10.1. The van der Waals surface area contributed by atoms with Crippen molar-refractivity contribution in [3.05, 3.63) is 74.2 Å². The van der Waals surface area contributed by atoms with Crippen molar-refractivity contribution in [2.45, 2.75) is 40.3 Å². The summed E-state index contributed by atoms with van der Waals surface area (Å²) in [5.41, 5.74) is 5.93. The number of carbonyl (C=O) groups excluding carboxylic acids is 1. The number of amides is 2. The normalized spacial score (nSPS) is 11.8. The molecule has 1 atom stereocenters. The van der Waals surface area contributed by atoms with Crippen LogP contribution in [0.5, 0.6) is 0 Å². The Hall–Kier alpha value is -2.61. The van der Waals surface area contributed by atoms with Crippen molar-refractivity contribution in [3.63, 3.8) is 0 Å². The molecule has 2 amide bonds. The number of halogens is 1. The van der Waals surface area contributed by atoms with Gasteiger partial charge in [-0.25, -0.2) is 9.78 Å². The molecule has 6 nitrogen and oxygen atoms in total. The van der Waals surface area contributed by atoms with Crippen molar-refractivity contribution in [3.8, 4) is 0 Å². The minimum atomic E-state index is -0.918. The number of aryl methyl sites for hydroxylation is 4. The fourth-order valence-electron chi connectivity index (χ4n) is 3.48. The molecule has 0 saturated heterocycles. The number of carbonyl (C=O) groups is 1. The van der Waals surface area contributed by atoms with Crippen molar-refractivity contribution in [1.29, 1.82) is 0 Å². The molecule has 164 valence electrons. The molecule has 0 aliphatic heterocycles. The van der Waals surface area contributed by atoms with Gasteiger partial charge in [0.15, 0.2) is 11.4 Å². The van der Waals surface area contributed by atoms with Crippen molar-refractivity contribution < 1.29 is 9.90 Å². The zero-order chi connectivity index (χ0) is 22.5. The van der Waals surface area contributed by atoms with Crippen LogP contribution in [0, 0.1) is 27.7 Å². The molecule has 0 spiro atoms. The molecule has 1 unspecified atom stereocenters. The third-order valence-corrected chi connectivity index (χ3v) is 6.21. The Kier molecular flexibility index (Phi) is 7.54. The average Bonchev–Trinajstić information content (AvgIpc) is 3.04. The van der Waals surface area contributed by atoms with Crippen LogP contribution in [0.25, 0.3) is 0 Å². The molecular formula is C23H27ClN4O2S. The third-order valence-electron chi connectivity index (χ3n) is 4.85. The Bertz CT molecular complexity index is 1060. The number of nitrogens with zero attached hydrogens (tertiary/aromatic N) is 1. The molecule has 4 N–H and O–H groups in total. The van der Waals surface area contributed by atoms with E-state index in [2.05, 4.69) is 33.1 Å². The fraction of sp³-hybridized carbons (Fsp3) is 0.304. The monoisotopic (exact) mass is 458 g/mol. The lowest BCUT2D eigenvalue weighted by atomic mass is 10.0. The number of aliphatic hydroxyl groups excluding tert-OH is 1. The number of urea groups is 1. The number of hydrogen-bond acceptors (Lipinski definition) is 5. The van der Waals surface area contributed by atoms with Crippen LogP contribution in [0.2, 0.25) is 5.02 Å². The van der Waals surface area contributed by atoms with E-state index >= 15 is 0 Å². The number of rotatable bonds is 7. The zero-order valence-corrected chi connectivity index (χ0v) is 19.6. The molecule has 3 rings (SSSR count). The van der Waals surface area contributed by atoms with Crippen molar-refractivity contribution in [2.75, 3.05) is 17.2 Å². The quantitative estimate of drug-likeness (QED) is 0.352. The Morgan fingerprint density at radius 3 is 2.55 bits per heavy atom. The zero-order valence-electron chi connectivity index (χ0n) is 18.0. The van der Waals surface area contributed by atoms with Crippen LogP contribution in [0.3, 0.4) is 0 Å². The average molecular weight is 459 g/mol.